The molecule has 1 aliphatic rings. The van der Waals surface area contributed by atoms with E-state index in [0.29, 0.717) is 11.5 Å². The van der Waals surface area contributed by atoms with Crippen LogP contribution in [0.25, 0.3) is 20.9 Å². The van der Waals surface area contributed by atoms with E-state index >= 15 is 0 Å². The van der Waals surface area contributed by atoms with Crippen LogP contribution < -0.4 is 5.32 Å². The topological polar surface area (TPSA) is 74.4 Å². The maximum Gasteiger partial charge on any atom is 0.151 e. The van der Waals surface area contributed by atoms with Gasteiger partial charge in [-0.05, 0) is 56.3 Å². The number of para-hydroxylation sites is 2. The van der Waals surface area contributed by atoms with E-state index in [9.17, 15) is 5.11 Å². The first-order chi connectivity index (χ1) is 14.3. The Morgan fingerprint density at radius 3 is 2.79 bits per heavy atom. The Labute approximate surface area is 172 Å². The zero-order valence-electron chi connectivity index (χ0n) is 16.0. The van der Waals surface area contributed by atoms with Crippen molar-refractivity contribution in [2.75, 3.05) is 18.4 Å². The van der Waals surface area contributed by atoms with Gasteiger partial charge in [-0.1, -0.05) is 18.6 Å². The van der Waals surface area contributed by atoms with E-state index in [1.165, 1.54) is 25.6 Å². The van der Waals surface area contributed by atoms with Gasteiger partial charge in [-0.2, -0.15) is 0 Å². The molecule has 0 unspecified atom stereocenters. The summed E-state index contributed by atoms with van der Waals surface area (Å²) in [6.07, 6.45) is 5.41. The van der Waals surface area contributed by atoms with E-state index in [-0.39, 0.29) is 5.75 Å². The van der Waals surface area contributed by atoms with Crippen molar-refractivity contribution in [2.45, 2.75) is 25.8 Å². The molecule has 0 aliphatic carbocycles. The minimum Gasteiger partial charge on any atom is -0.506 e. The number of nitrogens with zero attached hydrogens (tertiary/aromatic N) is 3. The molecular weight excluding hydrogens is 384 g/mol. The summed E-state index contributed by atoms with van der Waals surface area (Å²) in [5, 5.41) is 13.3. The minimum atomic E-state index is 0.185. The SMILES string of the molecule is Oc1ccccc1Nc1ncnc2cc(-c3ccc(CN4CCCCC4)o3)sc12. The van der Waals surface area contributed by atoms with Crippen LogP contribution in [0.15, 0.2) is 53.2 Å². The summed E-state index contributed by atoms with van der Waals surface area (Å²) in [6.45, 7) is 3.16. The fourth-order valence-corrected chi connectivity index (χ4v) is 4.72. The molecule has 3 aromatic heterocycles. The number of rotatable bonds is 5. The summed E-state index contributed by atoms with van der Waals surface area (Å²) in [4.78, 5) is 12.2. The lowest BCUT2D eigenvalue weighted by Gasteiger charge is -2.25. The maximum absolute atomic E-state index is 10.0. The Balaban J connectivity index is 1.41. The summed E-state index contributed by atoms with van der Waals surface area (Å²) in [6, 6.07) is 13.3. The van der Waals surface area contributed by atoms with Gasteiger partial charge in [0.15, 0.2) is 5.82 Å². The van der Waals surface area contributed by atoms with E-state index in [2.05, 4.69) is 26.3 Å². The molecule has 0 bridgehead atoms. The third-order valence-electron chi connectivity index (χ3n) is 5.20. The number of anilines is 2. The van der Waals surface area contributed by atoms with Gasteiger partial charge in [-0.25, -0.2) is 9.97 Å². The van der Waals surface area contributed by atoms with Crippen LogP contribution in [-0.4, -0.2) is 33.1 Å². The fourth-order valence-electron chi connectivity index (χ4n) is 3.70. The van der Waals surface area contributed by atoms with Gasteiger partial charge in [-0.3, -0.25) is 4.90 Å². The molecule has 0 radical (unpaired) electrons. The van der Waals surface area contributed by atoms with Gasteiger partial charge < -0.3 is 14.8 Å². The number of hydrogen-bond acceptors (Lipinski definition) is 7. The Hall–Kier alpha value is -2.90. The van der Waals surface area contributed by atoms with Crippen molar-refractivity contribution in [2.24, 2.45) is 0 Å². The summed E-state index contributed by atoms with van der Waals surface area (Å²) < 4.78 is 7.07. The predicted molar refractivity (Wildman–Crippen MR) is 116 cm³/mol. The molecule has 1 saturated heterocycles. The Morgan fingerprint density at radius 2 is 1.93 bits per heavy atom. The van der Waals surface area contributed by atoms with Gasteiger partial charge in [0.2, 0.25) is 0 Å². The molecule has 7 heteroatoms. The highest BCUT2D eigenvalue weighted by Crippen LogP contribution is 2.38. The molecule has 0 saturated carbocycles. The van der Waals surface area contributed by atoms with Crippen molar-refractivity contribution in [1.29, 1.82) is 0 Å². The molecule has 4 aromatic rings. The first-order valence-electron chi connectivity index (χ1n) is 9.87. The number of piperidine rings is 1. The third kappa shape index (κ3) is 3.83. The number of aromatic hydroxyl groups is 1. The number of nitrogens with one attached hydrogen (secondary N) is 1. The lowest BCUT2D eigenvalue weighted by Crippen LogP contribution is -2.28. The number of phenols is 1. The van der Waals surface area contributed by atoms with E-state index in [4.69, 9.17) is 4.42 Å². The number of furan rings is 1. The predicted octanol–water partition coefficient (Wildman–Crippen LogP) is 5.39. The number of hydrogen-bond donors (Lipinski definition) is 2. The molecule has 0 atom stereocenters. The molecule has 0 amide bonds. The van der Waals surface area contributed by atoms with Gasteiger partial charge in [0.05, 0.1) is 27.3 Å². The molecule has 1 aromatic carbocycles. The minimum absolute atomic E-state index is 0.185. The number of thiophene rings is 1. The zero-order valence-corrected chi connectivity index (χ0v) is 16.8. The Morgan fingerprint density at radius 1 is 1.07 bits per heavy atom. The van der Waals surface area contributed by atoms with Crippen molar-refractivity contribution >= 4 is 33.1 Å². The average molecular weight is 407 g/mol. The molecule has 2 N–H and O–H groups in total. The van der Waals surface area contributed by atoms with Crippen LogP contribution in [-0.2, 0) is 6.54 Å². The second kappa shape index (κ2) is 7.85. The summed E-state index contributed by atoms with van der Waals surface area (Å²) >= 11 is 1.59. The Bertz CT molecular complexity index is 1130. The second-order valence-electron chi connectivity index (χ2n) is 7.29. The van der Waals surface area contributed by atoms with Crippen LogP contribution in [0.5, 0.6) is 5.75 Å². The van der Waals surface area contributed by atoms with Crippen LogP contribution in [0.4, 0.5) is 11.5 Å². The quantitative estimate of drug-likeness (QED) is 0.433. The number of phenolic OH excluding ortho intramolecular Hbond substituents is 1. The van der Waals surface area contributed by atoms with E-state index < -0.39 is 0 Å². The van der Waals surface area contributed by atoms with E-state index in [1.807, 2.05) is 24.3 Å². The molecule has 29 heavy (non-hydrogen) atoms. The van der Waals surface area contributed by atoms with Gasteiger partial charge in [0, 0.05) is 0 Å². The Kier molecular flexibility index (Phi) is 4.91. The lowest BCUT2D eigenvalue weighted by atomic mass is 10.1. The van der Waals surface area contributed by atoms with Gasteiger partial charge in [0.1, 0.15) is 23.6 Å². The standard InChI is InChI=1S/C22H22N4O2S/c27-18-7-3-2-6-16(18)25-22-21-17(23-14-24-22)12-20(29-21)19-9-8-15(28-19)13-26-10-4-1-5-11-26/h2-3,6-9,12,14,27H,1,4-5,10-11,13H2,(H,23,24,25). The maximum atomic E-state index is 10.0. The normalized spacial score (nSPS) is 15.0. The van der Waals surface area contributed by atoms with E-state index in [1.54, 1.807) is 23.5 Å². The number of aromatic nitrogens is 2. The second-order valence-corrected chi connectivity index (χ2v) is 8.34. The van der Waals surface area contributed by atoms with Crippen LogP contribution in [0.1, 0.15) is 25.0 Å². The van der Waals surface area contributed by atoms with Gasteiger partial charge in [0.25, 0.3) is 0 Å². The van der Waals surface area contributed by atoms with Crippen LogP contribution in [0.2, 0.25) is 0 Å². The highest BCUT2D eigenvalue weighted by atomic mass is 32.1. The van der Waals surface area contributed by atoms with Crippen LogP contribution >= 0.6 is 11.3 Å². The first kappa shape index (κ1) is 18.1. The van der Waals surface area contributed by atoms with Crippen molar-refractivity contribution in [1.82, 2.24) is 14.9 Å². The average Bonchev–Trinajstić information content (AvgIpc) is 3.38. The molecular formula is C22H22N4O2S. The smallest absolute Gasteiger partial charge is 0.151 e. The zero-order chi connectivity index (χ0) is 19.6. The van der Waals surface area contributed by atoms with Crippen molar-refractivity contribution < 1.29 is 9.52 Å². The number of likely N-dealkylation sites (tertiary alicyclic amines) is 1. The van der Waals surface area contributed by atoms with Crippen molar-refractivity contribution in [3.05, 3.63) is 54.6 Å². The summed E-state index contributed by atoms with van der Waals surface area (Å²) in [7, 11) is 0. The van der Waals surface area contributed by atoms with Crippen LogP contribution in [0, 0.1) is 0 Å². The molecule has 6 nitrogen and oxygen atoms in total. The summed E-state index contributed by atoms with van der Waals surface area (Å²) in [5.41, 5.74) is 1.47. The summed E-state index contributed by atoms with van der Waals surface area (Å²) in [5.74, 6) is 2.71. The first-order valence-corrected chi connectivity index (χ1v) is 10.7. The highest BCUT2D eigenvalue weighted by molar-refractivity contribution is 7.22. The van der Waals surface area contributed by atoms with E-state index in [0.717, 1.165) is 46.2 Å². The highest BCUT2D eigenvalue weighted by Gasteiger charge is 2.16. The monoisotopic (exact) mass is 406 g/mol. The lowest BCUT2D eigenvalue weighted by molar-refractivity contribution is 0.206. The molecule has 1 fully saturated rings. The molecule has 148 valence electrons. The fraction of sp³-hybridized carbons (Fsp3) is 0.273. The van der Waals surface area contributed by atoms with Crippen molar-refractivity contribution in [3.8, 4) is 16.4 Å². The van der Waals surface area contributed by atoms with Gasteiger partial charge >= 0.3 is 0 Å². The molecule has 1 aliphatic heterocycles. The largest absolute Gasteiger partial charge is 0.506 e. The number of fused-ring (bicyclic) bond motifs is 1. The molecule has 4 heterocycles. The third-order valence-corrected chi connectivity index (χ3v) is 6.35. The van der Waals surface area contributed by atoms with Gasteiger partial charge in [-0.15, -0.1) is 11.3 Å². The number of benzene rings is 1. The molecule has 5 rings (SSSR count). The van der Waals surface area contributed by atoms with Crippen molar-refractivity contribution in [3.63, 3.8) is 0 Å². The van der Waals surface area contributed by atoms with Crippen LogP contribution in [0.3, 0.4) is 0 Å². The molecule has 0 spiro atoms.